The van der Waals surface area contributed by atoms with Crippen molar-refractivity contribution >= 4 is 11.8 Å². The van der Waals surface area contributed by atoms with Crippen molar-refractivity contribution in [1.29, 1.82) is 0 Å². The van der Waals surface area contributed by atoms with Crippen LogP contribution < -0.4 is 24.3 Å². The second-order valence-electron chi connectivity index (χ2n) is 8.18. The molecular formula is C27H28N2O6. The number of benzene rings is 3. The molecule has 1 atom stereocenters. The fourth-order valence-electron chi connectivity index (χ4n) is 3.90. The third-order valence-corrected chi connectivity index (χ3v) is 5.64. The minimum absolute atomic E-state index is 0.130. The zero-order valence-corrected chi connectivity index (χ0v) is 19.9. The molecule has 0 aromatic heterocycles. The fourth-order valence-corrected chi connectivity index (χ4v) is 3.90. The van der Waals surface area contributed by atoms with Gasteiger partial charge in [-0.1, -0.05) is 24.3 Å². The van der Waals surface area contributed by atoms with Crippen molar-refractivity contribution in [2.75, 3.05) is 27.6 Å². The standard InChI is InChI=1S/C27H28N2O6/c1-18(28-26(30)20-7-5-4-6-8-20)15-29(16-19-9-11-22(32-2)24(13-19)33-3)27(31)21-10-12-23-25(14-21)35-17-34-23/h4-14,18H,15-17H2,1-3H3,(H,28,30). The molecule has 8 nitrogen and oxygen atoms in total. The van der Waals surface area contributed by atoms with Crippen LogP contribution in [0.1, 0.15) is 33.2 Å². The second kappa shape index (κ2) is 10.8. The van der Waals surface area contributed by atoms with Gasteiger partial charge >= 0.3 is 0 Å². The number of rotatable bonds is 9. The lowest BCUT2D eigenvalue weighted by atomic mass is 10.1. The molecular weight excluding hydrogens is 448 g/mol. The lowest BCUT2D eigenvalue weighted by molar-refractivity contribution is 0.0715. The Bertz CT molecular complexity index is 1200. The average Bonchev–Trinajstić information content (AvgIpc) is 3.36. The van der Waals surface area contributed by atoms with E-state index in [1.54, 1.807) is 55.5 Å². The monoisotopic (exact) mass is 476 g/mol. The molecule has 1 N–H and O–H groups in total. The quantitative estimate of drug-likeness (QED) is 0.504. The molecule has 182 valence electrons. The van der Waals surface area contributed by atoms with E-state index in [1.807, 2.05) is 37.3 Å². The molecule has 8 heteroatoms. The number of nitrogens with one attached hydrogen (secondary N) is 1. The first-order valence-electron chi connectivity index (χ1n) is 11.2. The van der Waals surface area contributed by atoms with Gasteiger partial charge in [-0.2, -0.15) is 0 Å². The molecule has 1 aliphatic rings. The van der Waals surface area contributed by atoms with Crippen molar-refractivity contribution in [1.82, 2.24) is 10.2 Å². The Morgan fingerprint density at radius 2 is 1.66 bits per heavy atom. The lowest BCUT2D eigenvalue weighted by Crippen LogP contribution is -2.44. The van der Waals surface area contributed by atoms with Crippen LogP contribution in [0.3, 0.4) is 0 Å². The van der Waals surface area contributed by atoms with E-state index in [9.17, 15) is 9.59 Å². The highest BCUT2D eigenvalue weighted by atomic mass is 16.7. The van der Waals surface area contributed by atoms with E-state index in [0.717, 1.165) is 5.56 Å². The summed E-state index contributed by atoms with van der Waals surface area (Å²) in [5.74, 6) is 1.93. The molecule has 3 aromatic rings. The van der Waals surface area contributed by atoms with E-state index in [1.165, 1.54) is 0 Å². The van der Waals surface area contributed by atoms with Crippen molar-refractivity contribution in [2.24, 2.45) is 0 Å². The second-order valence-corrected chi connectivity index (χ2v) is 8.18. The highest BCUT2D eigenvalue weighted by molar-refractivity contribution is 5.96. The summed E-state index contributed by atoms with van der Waals surface area (Å²) >= 11 is 0. The van der Waals surface area contributed by atoms with Crippen molar-refractivity contribution in [3.63, 3.8) is 0 Å². The van der Waals surface area contributed by atoms with Crippen molar-refractivity contribution in [3.05, 3.63) is 83.4 Å². The minimum Gasteiger partial charge on any atom is -0.493 e. The van der Waals surface area contributed by atoms with Crippen LogP contribution in [-0.2, 0) is 6.54 Å². The van der Waals surface area contributed by atoms with Gasteiger partial charge in [0.1, 0.15) is 0 Å². The third-order valence-electron chi connectivity index (χ3n) is 5.64. The molecule has 1 heterocycles. The van der Waals surface area contributed by atoms with Gasteiger partial charge in [0, 0.05) is 30.3 Å². The lowest BCUT2D eigenvalue weighted by Gasteiger charge is -2.27. The number of hydrogen-bond donors (Lipinski definition) is 1. The van der Waals surface area contributed by atoms with Crippen LogP contribution in [0.2, 0.25) is 0 Å². The first-order chi connectivity index (χ1) is 17.0. The Kier molecular flexibility index (Phi) is 7.40. The molecule has 0 radical (unpaired) electrons. The largest absolute Gasteiger partial charge is 0.493 e. The maximum absolute atomic E-state index is 13.6. The molecule has 1 aliphatic heterocycles. The number of carbonyl (C=O) groups excluding carboxylic acids is 2. The molecule has 0 fully saturated rings. The molecule has 0 bridgehead atoms. The van der Waals surface area contributed by atoms with Crippen LogP contribution in [0.5, 0.6) is 23.0 Å². The predicted molar refractivity (Wildman–Crippen MR) is 130 cm³/mol. The Balaban J connectivity index is 1.56. The van der Waals surface area contributed by atoms with Gasteiger partial charge in [-0.15, -0.1) is 0 Å². The molecule has 0 spiro atoms. The molecule has 0 saturated carbocycles. The first-order valence-corrected chi connectivity index (χ1v) is 11.2. The first kappa shape index (κ1) is 23.9. The van der Waals surface area contributed by atoms with Crippen molar-refractivity contribution in [2.45, 2.75) is 19.5 Å². The summed E-state index contributed by atoms with van der Waals surface area (Å²) in [7, 11) is 3.14. The van der Waals surface area contributed by atoms with E-state index < -0.39 is 0 Å². The minimum atomic E-state index is -0.305. The molecule has 0 saturated heterocycles. The summed E-state index contributed by atoms with van der Waals surface area (Å²) in [5.41, 5.74) is 1.89. The molecule has 2 amide bonds. The molecule has 1 unspecified atom stereocenters. The highest BCUT2D eigenvalue weighted by Crippen LogP contribution is 2.33. The van der Waals surface area contributed by atoms with Crippen LogP contribution in [-0.4, -0.2) is 50.3 Å². The predicted octanol–water partition coefficient (Wildman–Crippen LogP) is 3.89. The van der Waals surface area contributed by atoms with Gasteiger partial charge < -0.3 is 29.2 Å². The molecule has 35 heavy (non-hydrogen) atoms. The van der Waals surface area contributed by atoms with Gasteiger partial charge in [-0.3, -0.25) is 9.59 Å². The number of nitrogens with zero attached hydrogens (tertiary/aromatic N) is 1. The number of carbonyl (C=O) groups is 2. The van der Waals surface area contributed by atoms with E-state index in [2.05, 4.69) is 5.32 Å². The summed E-state index contributed by atoms with van der Waals surface area (Å²) < 4.78 is 21.6. The van der Waals surface area contributed by atoms with Gasteiger partial charge in [0.15, 0.2) is 23.0 Å². The third kappa shape index (κ3) is 5.66. The number of hydrogen-bond acceptors (Lipinski definition) is 6. The van der Waals surface area contributed by atoms with Gasteiger partial charge in [0.05, 0.1) is 14.2 Å². The van der Waals surface area contributed by atoms with Gasteiger partial charge in [-0.25, -0.2) is 0 Å². The number of ether oxygens (including phenoxy) is 4. The molecule has 3 aromatic carbocycles. The van der Waals surface area contributed by atoms with Crippen LogP contribution in [0.4, 0.5) is 0 Å². The summed E-state index contributed by atoms with van der Waals surface area (Å²) in [4.78, 5) is 27.9. The summed E-state index contributed by atoms with van der Waals surface area (Å²) in [6.45, 7) is 2.60. The van der Waals surface area contributed by atoms with E-state index in [0.29, 0.717) is 47.2 Å². The summed E-state index contributed by atoms with van der Waals surface area (Å²) in [6.07, 6.45) is 0. The normalized spacial score (nSPS) is 12.5. The molecule has 4 rings (SSSR count). The summed E-state index contributed by atoms with van der Waals surface area (Å²) in [6, 6.07) is 19.3. The van der Waals surface area contributed by atoms with Crippen LogP contribution in [0.25, 0.3) is 0 Å². The number of fused-ring (bicyclic) bond motifs is 1. The smallest absolute Gasteiger partial charge is 0.254 e. The highest BCUT2D eigenvalue weighted by Gasteiger charge is 2.23. The fraction of sp³-hybridized carbons (Fsp3) is 0.259. The van der Waals surface area contributed by atoms with Gasteiger partial charge in [0.25, 0.3) is 11.8 Å². The maximum atomic E-state index is 13.6. The van der Waals surface area contributed by atoms with Crippen molar-refractivity contribution < 1.29 is 28.5 Å². The Hall–Kier alpha value is -4.20. The Labute approximate surface area is 204 Å². The van der Waals surface area contributed by atoms with Gasteiger partial charge in [0.2, 0.25) is 6.79 Å². The number of amides is 2. The van der Waals surface area contributed by atoms with Crippen LogP contribution >= 0.6 is 0 Å². The summed E-state index contributed by atoms with van der Waals surface area (Å²) in [5, 5.41) is 2.98. The SMILES string of the molecule is COc1ccc(CN(CC(C)NC(=O)c2ccccc2)C(=O)c2ccc3c(c2)OCO3)cc1OC. The Morgan fingerprint density at radius 1 is 0.914 bits per heavy atom. The van der Waals surface area contributed by atoms with Crippen molar-refractivity contribution in [3.8, 4) is 23.0 Å². The van der Waals surface area contributed by atoms with E-state index in [4.69, 9.17) is 18.9 Å². The van der Waals surface area contributed by atoms with Gasteiger partial charge in [-0.05, 0) is 55.0 Å². The van der Waals surface area contributed by atoms with Crippen LogP contribution in [0.15, 0.2) is 66.7 Å². The van der Waals surface area contributed by atoms with Crippen LogP contribution in [0, 0.1) is 0 Å². The zero-order chi connectivity index (χ0) is 24.8. The van der Waals surface area contributed by atoms with E-state index >= 15 is 0 Å². The maximum Gasteiger partial charge on any atom is 0.254 e. The zero-order valence-electron chi connectivity index (χ0n) is 19.9. The molecule has 0 aliphatic carbocycles. The Morgan fingerprint density at radius 3 is 2.40 bits per heavy atom. The van der Waals surface area contributed by atoms with E-state index in [-0.39, 0.29) is 24.6 Å². The topological polar surface area (TPSA) is 86.3 Å². The number of methoxy groups -OCH3 is 2. The average molecular weight is 477 g/mol.